The van der Waals surface area contributed by atoms with E-state index in [4.69, 9.17) is 0 Å². The summed E-state index contributed by atoms with van der Waals surface area (Å²) in [5.74, 6) is 0. The first kappa shape index (κ1) is 13.0. The van der Waals surface area contributed by atoms with Crippen molar-refractivity contribution in [3.63, 3.8) is 0 Å². The van der Waals surface area contributed by atoms with Crippen molar-refractivity contribution in [3.05, 3.63) is 0 Å². The van der Waals surface area contributed by atoms with Crippen molar-refractivity contribution in [2.75, 3.05) is 6.54 Å². The molecule has 0 aromatic carbocycles. The van der Waals surface area contributed by atoms with E-state index >= 15 is 0 Å². The first-order valence-electron chi connectivity index (χ1n) is 6.59. The molecular formula is C13H27NO. The summed E-state index contributed by atoms with van der Waals surface area (Å²) < 4.78 is 0. The summed E-state index contributed by atoms with van der Waals surface area (Å²) in [5.41, 5.74) is 0. The summed E-state index contributed by atoms with van der Waals surface area (Å²) in [6.45, 7) is 7.72. The Kier molecular flexibility index (Phi) is 5.62. The number of nitrogens with zero attached hydrogens (tertiary/aromatic N) is 1. The van der Waals surface area contributed by atoms with Crippen molar-refractivity contribution in [3.8, 4) is 0 Å². The van der Waals surface area contributed by atoms with Crippen molar-refractivity contribution in [1.82, 2.24) is 4.90 Å². The zero-order chi connectivity index (χ0) is 11.3. The van der Waals surface area contributed by atoms with Gasteiger partial charge in [-0.05, 0) is 46.1 Å². The first-order chi connectivity index (χ1) is 7.15. The minimum atomic E-state index is -0.153. The maximum absolute atomic E-state index is 9.54. The van der Waals surface area contributed by atoms with Gasteiger partial charge in [-0.2, -0.15) is 0 Å². The van der Waals surface area contributed by atoms with E-state index in [9.17, 15) is 5.11 Å². The van der Waals surface area contributed by atoms with Gasteiger partial charge < -0.3 is 5.11 Å². The second-order valence-corrected chi connectivity index (χ2v) is 5.08. The molecule has 1 N–H and O–H groups in total. The van der Waals surface area contributed by atoms with Crippen LogP contribution in [0.5, 0.6) is 0 Å². The molecule has 15 heavy (non-hydrogen) atoms. The van der Waals surface area contributed by atoms with Crippen molar-refractivity contribution in [1.29, 1.82) is 0 Å². The van der Waals surface area contributed by atoms with Crippen molar-refractivity contribution in [2.45, 2.75) is 77.5 Å². The maximum atomic E-state index is 9.54. The smallest absolute Gasteiger partial charge is 0.0527 e. The number of likely N-dealkylation sites (tertiary alicyclic amines) is 1. The minimum Gasteiger partial charge on any atom is -0.393 e. The van der Waals surface area contributed by atoms with E-state index in [0.717, 1.165) is 6.42 Å². The largest absolute Gasteiger partial charge is 0.393 e. The Balaban J connectivity index is 2.58. The zero-order valence-electron chi connectivity index (χ0n) is 10.6. The summed E-state index contributed by atoms with van der Waals surface area (Å²) in [5, 5.41) is 9.54. The molecule has 3 atom stereocenters. The van der Waals surface area contributed by atoms with Crippen molar-refractivity contribution in [2.24, 2.45) is 0 Å². The fraction of sp³-hybridized carbons (Fsp3) is 1.00. The van der Waals surface area contributed by atoms with Crippen LogP contribution in [0.1, 0.15) is 59.3 Å². The van der Waals surface area contributed by atoms with Gasteiger partial charge in [0.1, 0.15) is 0 Å². The highest BCUT2D eigenvalue weighted by atomic mass is 16.3. The third kappa shape index (κ3) is 4.12. The van der Waals surface area contributed by atoms with Gasteiger partial charge >= 0.3 is 0 Å². The summed E-state index contributed by atoms with van der Waals surface area (Å²) in [6.07, 6.45) is 7.32. The topological polar surface area (TPSA) is 23.5 Å². The molecule has 0 amide bonds. The number of aliphatic hydroxyl groups excluding tert-OH is 1. The summed E-state index contributed by atoms with van der Waals surface area (Å²) in [7, 11) is 0. The third-order valence-electron chi connectivity index (χ3n) is 3.69. The van der Waals surface area contributed by atoms with Crippen molar-refractivity contribution < 1.29 is 5.11 Å². The zero-order valence-corrected chi connectivity index (χ0v) is 10.6. The van der Waals surface area contributed by atoms with E-state index in [1.165, 1.54) is 38.6 Å². The highest BCUT2D eigenvalue weighted by Gasteiger charge is 2.25. The van der Waals surface area contributed by atoms with E-state index in [1.807, 2.05) is 6.92 Å². The van der Waals surface area contributed by atoms with Crippen LogP contribution in [0.4, 0.5) is 0 Å². The van der Waals surface area contributed by atoms with Crippen LogP contribution in [0.2, 0.25) is 0 Å². The van der Waals surface area contributed by atoms with E-state index in [0.29, 0.717) is 12.1 Å². The van der Waals surface area contributed by atoms with Gasteiger partial charge in [0.05, 0.1) is 6.10 Å². The van der Waals surface area contributed by atoms with Gasteiger partial charge in [-0.3, -0.25) is 4.90 Å². The number of rotatable bonds is 4. The van der Waals surface area contributed by atoms with Crippen LogP contribution in [0.15, 0.2) is 0 Å². The minimum absolute atomic E-state index is 0.153. The molecule has 1 fully saturated rings. The van der Waals surface area contributed by atoms with E-state index in [-0.39, 0.29) is 6.10 Å². The number of hydrogen-bond acceptors (Lipinski definition) is 2. The average molecular weight is 213 g/mol. The molecule has 0 aromatic heterocycles. The van der Waals surface area contributed by atoms with E-state index in [1.54, 1.807) is 0 Å². The molecule has 1 saturated heterocycles. The van der Waals surface area contributed by atoms with Crippen LogP contribution in [0.3, 0.4) is 0 Å². The van der Waals surface area contributed by atoms with Gasteiger partial charge in [-0.1, -0.05) is 19.8 Å². The molecule has 1 rings (SSSR count). The monoisotopic (exact) mass is 213 g/mol. The molecule has 0 bridgehead atoms. The molecule has 0 radical (unpaired) electrons. The Morgan fingerprint density at radius 1 is 1.27 bits per heavy atom. The van der Waals surface area contributed by atoms with Gasteiger partial charge in [0, 0.05) is 12.1 Å². The Morgan fingerprint density at radius 2 is 2.00 bits per heavy atom. The fourth-order valence-corrected chi connectivity index (χ4v) is 2.66. The Hall–Kier alpha value is -0.0800. The summed E-state index contributed by atoms with van der Waals surface area (Å²) in [6, 6.07) is 1.29. The highest BCUT2D eigenvalue weighted by Crippen LogP contribution is 2.23. The van der Waals surface area contributed by atoms with Crippen LogP contribution >= 0.6 is 0 Å². The lowest BCUT2D eigenvalue weighted by Crippen LogP contribution is -2.42. The lowest BCUT2D eigenvalue weighted by Gasteiger charge is -2.35. The van der Waals surface area contributed by atoms with Gasteiger partial charge in [0.15, 0.2) is 0 Å². The van der Waals surface area contributed by atoms with Crippen LogP contribution in [-0.2, 0) is 0 Å². The lowest BCUT2D eigenvalue weighted by atomic mass is 10.0. The van der Waals surface area contributed by atoms with Crippen LogP contribution < -0.4 is 0 Å². The summed E-state index contributed by atoms with van der Waals surface area (Å²) >= 11 is 0. The van der Waals surface area contributed by atoms with Gasteiger partial charge in [-0.15, -0.1) is 0 Å². The Morgan fingerprint density at radius 3 is 2.60 bits per heavy atom. The number of hydrogen-bond donors (Lipinski definition) is 1. The highest BCUT2D eigenvalue weighted by molar-refractivity contribution is 4.80. The van der Waals surface area contributed by atoms with Gasteiger partial charge in [0.25, 0.3) is 0 Å². The fourth-order valence-electron chi connectivity index (χ4n) is 2.66. The molecule has 1 heterocycles. The molecule has 2 heteroatoms. The molecule has 3 unspecified atom stereocenters. The molecule has 1 aliphatic rings. The standard InChI is InChI=1S/C13H27NO/c1-4-11(2)14-9-7-5-6-8-13(14)10-12(3)15/h11-13,15H,4-10H2,1-3H3. The SMILES string of the molecule is CCC(C)N1CCCCCC1CC(C)O. The van der Waals surface area contributed by atoms with Gasteiger partial charge in [-0.25, -0.2) is 0 Å². The normalized spacial score (nSPS) is 28.4. The molecule has 0 saturated carbocycles. The third-order valence-corrected chi connectivity index (χ3v) is 3.69. The molecule has 90 valence electrons. The Labute approximate surface area is 94.7 Å². The first-order valence-corrected chi connectivity index (χ1v) is 6.59. The molecule has 0 aromatic rings. The number of aliphatic hydroxyl groups is 1. The predicted molar refractivity (Wildman–Crippen MR) is 65.0 cm³/mol. The van der Waals surface area contributed by atoms with Gasteiger partial charge in [0.2, 0.25) is 0 Å². The maximum Gasteiger partial charge on any atom is 0.0527 e. The van der Waals surface area contributed by atoms with Crippen LogP contribution in [0.25, 0.3) is 0 Å². The second kappa shape index (κ2) is 6.49. The molecule has 1 aliphatic heterocycles. The average Bonchev–Trinajstić information content (AvgIpc) is 2.41. The van der Waals surface area contributed by atoms with Crippen LogP contribution in [-0.4, -0.2) is 34.7 Å². The lowest BCUT2D eigenvalue weighted by molar-refractivity contribution is 0.0865. The molecule has 0 aliphatic carbocycles. The van der Waals surface area contributed by atoms with E-state index in [2.05, 4.69) is 18.7 Å². The molecular weight excluding hydrogens is 186 g/mol. The Bertz CT molecular complexity index is 170. The van der Waals surface area contributed by atoms with Crippen molar-refractivity contribution >= 4 is 0 Å². The second-order valence-electron chi connectivity index (χ2n) is 5.08. The molecule has 2 nitrogen and oxygen atoms in total. The quantitative estimate of drug-likeness (QED) is 0.776. The van der Waals surface area contributed by atoms with E-state index < -0.39 is 0 Å². The summed E-state index contributed by atoms with van der Waals surface area (Å²) in [4.78, 5) is 2.62. The van der Waals surface area contributed by atoms with Crippen LogP contribution in [0, 0.1) is 0 Å². The molecule has 0 spiro atoms. The predicted octanol–water partition coefficient (Wildman–Crippen LogP) is 2.80.